The molecule has 0 aliphatic heterocycles. The van der Waals surface area contributed by atoms with Crippen molar-refractivity contribution >= 4 is 19.9 Å². The van der Waals surface area contributed by atoms with Crippen molar-refractivity contribution in [2.24, 2.45) is 47.3 Å². The van der Waals surface area contributed by atoms with Crippen LogP contribution in [0.1, 0.15) is 12.8 Å². The summed E-state index contributed by atoms with van der Waals surface area (Å²) in [5.74, 6) is 5.26. The van der Waals surface area contributed by atoms with E-state index in [1.807, 2.05) is 0 Å². The van der Waals surface area contributed by atoms with Gasteiger partial charge < -0.3 is 0 Å². The lowest BCUT2D eigenvalue weighted by Crippen LogP contribution is -2.16. The van der Waals surface area contributed by atoms with Gasteiger partial charge in [0.1, 0.15) is 0 Å². The van der Waals surface area contributed by atoms with E-state index in [2.05, 4.69) is 73.9 Å². The fourth-order valence-corrected chi connectivity index (χ4v) is 6.44. The van der Waals surface area contributed by atoms with Crippen molar-refractivity contribution in [3.63, 3.8) is 0 Å². The Morgan fingerprint density at radius 2 is 1.16 bits per heavy atom. The molecule has 2 fully saturated rings. The first-order chi connectivity index (χ1) is 12.2. The summed E-state index contributed by atoms with van der Waals surface area (Å²) in [6.07, 6.45) is 26.1. The lowest BCUT2D eigenvalue weighted by Gasteiger charge is -2.23. The molecule has 0 nitrogen and oxygen atoms in total. The van der Waals surface area contributed by atoms with Crippen molar-refractivity contribution in [2.45, 2.75) is 18.4 Å². The highest BCUT2D eigenvalue weighted by Gasteiger charge is 2.42. The topological polar surface area (TPSA) is 0 Å². The van der Waals surface area contributed by atoms with E-state index in [1.165, 1.54) is 12.8 Å². The van der Waals surface area contributed by atoms with Crippen LogP contribution in [0.2, 0.25) is 5.54 Å². The molecule has 8 atom stereocenters. The van der Waals surface area contributed by atoms with Crippen molar-refractivity contribution in [1.82, 2.24) is 0 Å². The van der Waals surface area contributed by atoms with E-state index in [-0.39, 0.29) is 0 Å². The summed E-state index contributed by atoms with van der Waals surface area (Å²) in [7, 11) is 0.399. The Kier molecular flexibility index (Phi) is 5.06. The predicted molar refractivity (Wildman–Crippen MR) is 109 cm³/mol. The first-order valence-electron chi connectivity index (χ1n) is 9.59. The van der Waals surface area contributed by atoms with Gasteiger partial charge in [0.25, 0.3) is 0 Å². The highest BCUT2D eigenvalue weighted by Crippen LogP contribution is 2.50. The molecule has 2 saturated carbocycles. The molecule has 0 N–H and O–H groups in total. The lowest BCUT2D eigenvalue weighted by molar-refractivity contribution is 0.446. The lowest BCUT2D eigenvalue weighted by atomic mass is 9.82. The summed E-state index contributed by atoms with van der Waals surface area (Å²) in [6.45, 7) is 8.13. The van der Waals surface area contributed by atoms with Gasteiger partial charge in [0, 0.05) is 5.54 Å². The van der Waals surface area contributed by atoms with Gasteiger partial charge in [-0.2, -0.15) is 11.1 Å². The van der Waals surface area contributed by atoms with Crippen LogP contribution in [-0.4, -0.2) is 8.83 Å². The van der Waals surface area contributed by atoms with Gasteiger partial charge in [-0.15, -0.1) is 13.2 Å². The second-order valence-electron chi connectivity index (χ2n) is 8.08. The summed E-state index contributed by atoms with van der Waals surface area (Å²) in [6, 6.07) is 0. The normalized spacial score (nSPS) is 45.2. The molecular weight excluding hydrogens is 340 g/mol. The standard InChI is InChI=1S/C23H27ClSi/c1-3-20-15-5-7-17(13-15)22(20)11-9-19(25-24)10-12-23-18-8-6-16(14-18)21(23)4-2/h3-12,15-23H,1-2,13-14H2. The van der Waals surface area contributed by atoms with Crippen LogP contribution < -0.4 is 0 Å². The second kappa shape index (κ2) is 7.29. The van der Waals surface area contributed by atoms with E-state index in [1.54, 1.807) is 0 Å². The first-order valence-corrected chi connectivity index (χ1v) is 11.7. The molecular formula is C23H27ClSi. The Bertz CT molecular complexity index is 588. The van der Waals surface area contributed by atoms with Gasteiger partial charge in [0.15, 0.2) is 8.83 Å². The summed E-state index contributed by atoms with van der Waals surface area (Å²) >= 11 is 6.29. The van der Waals surface area contributed by atoms with Crippen LogP contribution >= 0.6 is 11.1 Å². The molecule has 0 aromatic carbocycles. The molecule has 0 saturated heterocycles. The van der Waals surface area contributed by atoms with Gasteiger partial charge in [0.05, 0.1) is 0 Å². The van der Waals surface area contributed by atoms with Crippen molar-refractivity contribution in [3.05, 3.63) is 73.9 Å². The van der Waals surface area contributed by atoms with Crippen molar-refractivity contribution in [3.8, 4) is 0 Å². The SMILES string of the molecule is C=CC1C2C=CC(C2)C1C=CC(C=CC1C2C=CC(C2)C1C=C)[Si]Cl. The Morgan fingerprint density at radius 3 is 1.52 bits per heavy atom. The maximum absolute atomic E-state index is 6.29. The zero-order valence-electron chi connectivity index (χ0n) is 14.7. The fourth-order valence-electron chi connectivity index (χ4n) is 5.64. The Balaban J connectivity index is 1.43. The van der Waals surface area contributed by atoms with Crippen LogP contribution in [0.3, 0.4) is 0 Å². The van der Waals surface area contributed by atoms with Gasteiger partial charge in [-0.05, 0) is 60.2 Å². The van der Waals surface area contributed by atoms with Crippen molar-refractivity contribution < 1.29 is 0 Å². The van der Waals surface area contributed by atoms with Crippen LogP contribution in [0.25, 0.3) is 0 Å². The van der Waals surface area contributed by atoms with Gasteiger partial charge in [-0.1, -0.05) is 60.8 Å². The van der Waals surface area contributed by atoms with Gasteiger partial charge >= 0.3 is 0 Å². The highest BCUT2D eigenvalue weighted by molar-refractivity contribution is 6.95. The minimum absolute atomic E-state index is 0.351. The Labute approximate surface area is 159 Å². The van der Waals surface area contributed by atoms with E-state index >= 15 is 0 Å². The number of halogens is 1. The van der Waals surface area contributed by atoms with Gasteiger partial charge in [-0.25, -0.2) is 0 Å². The molecule has 4 rings (SSSR count). The smallest absolute Gasteiger partial charge is 0.170 e. The van der Waals surface area contributed by atoms with E-state index in [0.717, 1.165) is 0 Å². The van der Waals surface area contributed by atoms with Crippen LogP contribution in [0.15, 0.2) is 73.9 Å². The number of fused-ring (bicyclic) bond motifs is 4. The zero-order valence-corrected chi connectivity index (χ0v) is 16.4. The van der Waals surface area contributed by atoms with Gasteiger partial charge in [0.2, 0.25) is 0 Å². The molecule has 0 heterocycles. The molecule has 4 aliphatic carbocycles. The van der Waals surface area contributed by atoms with Crippen LogP contribution in [0.5, 0.6) is 0 Å². The maximum Gasteiger partial charge on any atom is 0.183 e. The van der Waals surface area contributed by atoms with E-state index in [9.17, 15) is 0 Å². The molecule has 0 spiro atoms. The number of rotatable bonds is 7. The first kappa shape index (κ1) is 17.4. The third-order valence-electron chi connectivity index (χ3n) is 6.92. The van der Waals surface area contributed by atoms with Crippen LogP contribution in [0, 0.1) is 47.3 Å². The Morgan fingerprint density at radius 1 is 0.760 bits per heavy atom. The molecule has 2 heteroatoms. The molecule has 0 amide bonds. The molecule has 4 aliphatic rings. The van der Waals surface area contributed by atoms with E-state index in [0.29, 0.717) is 61.7 Å². The summed E-state index contributed by atoms with van der Waals surface area (Å²) in [5, 5.41) is 0. The Hall–Kier alpha value is -1.05. The highest BCUT2D eigenvalue weighted by atomic mass is 35.6. The third-order valence-corrected chi connectivity index (χ3v) is 8.31. The third kappa shape index (κ3) is 3.10. The average Bonchev–Trinajstić information content (AvgIpc) is 3.41. The molecule has 4 bridgehead atoms. The quantitative estimate of drug-likeness (QED) is 0.294. The molecule has 25 heavy (non-hydrogen) atoms. The van der Waals surface area contributed by atoms with Gasteiger partial charge in [-0.3, -0.25) is 0 Å². The zero-order chi connectivity index (χ0) is 17.4. The predicted octanol–water partition coefficient (Wildman–Crippen LogP) is 5.99. The van der Waals surface area contributed by atoms with Crippen molar-refractivity contribution in [1.29, 1.82) is 0 Å². The summed E-state index contributed by atoms with van der Waals surface area (Å²) in [5.41, 5.74) is 0.351. The van der Waals surface area contributed by atoms with Crippen molar-refractivity contribution in [2.75, 3.05) is 0 Å². The second-order valence-corrected chi connectivity index (χ2v) is 9.62. The molecule has 8 unspecified atom stereocenters. The minimum atomic E-state index is 0.351. The molecule has 130 valence electrons. The van der Waals surface area contributed by atoms with Crippen LogP contribution in [-0.2, 0) is 0 Å². The number of allylic oxidation sites excluding steroid dienone is 10. The van der Waals surface area contributed by atoms with E-state index < -0.39 is 0 Å². The fraction of sp³-hybridized carbons (Fsp3) is 0.478. The summed E-state index contributed by atoms with van der Waals surface area (Å²) in [4.78, 5) is 0. The molecule has 0 aromatic heterocycles. The average molecular weight is 367 g/mol. The molecule has 2 radical (unpaired) electrons. The molecule has 0 aromatic rings. The number of hydrogen-bond donors (Lipinski definition) is 0. The summed E-state index contributed by atoms with van der Waals surface area (Å²) < 4.78 is 0. The monoisotopic (exact) mass is 366 g/mol. The van der Waals surface area contributed by atoms with E-state index in [4.69, 9.17) is 11.1 Å². The number of hydrogen-bond acceptors (Lipinski definition) is 0. The largest absolute Gasteiger partial charge is 0.183 e. The van der Waals surface area contributed by atoms with Crippen LogP contribution in [0.4, 0.5) is 0 Å². The maximum atomic E-state index is 6.29. The minimum Gasteiger partial charge on any atom is -0.170 e.